The van der Waals surface area contributed by atoms with E-state index in [1.54, 1.807) is 0 Å². The molecule has 0 aliphatic heterocycles. The normalized spacial score (nSPS) is 41.2. The van der Waals surface area contributed by atoms with Gasteiger partial charge >= 0.3 is 0 Å². The van der Waals surface area contributed by atoms with E-state index in [-0.39, 0.29) is 27.8 Å². The Hall–Kier alpha value is -1.69. The van der Waals surface area contributed by atoms with E-state index in [1.807, 2.05) is 12.2 Å². The number of sulfonamides is 1. The minimum absolute atomic E-state index is 0.114. The minimum atomic E-state index is -3.50. The second-order valence-corrected chi connectivity index (χ2v) is 13.8. The molecule has 5 aliphatic carbocycles. The average molecular weight is 472 g/mol. The Morgan fingerprint density at radius 1 is 1.12 bits per heavy atom. The van der Waals surface area contributed by atoms with E-state index in [4.69, 9.17) is 0 Å². The van der Waals surface area contributed by atoms with Crippen LogP contribution in [0, 0.1) is 40.4 Å². The molecule has 0 aromatic heterocycles. The van der Waals surface area contributed by atoms with Crippen LogP contribution in [0.5, 0.6) is 0 Å². The van der Waals surface area contributed by atoms with Crippen LogP contribution in [-0.4, -0.2) is 25.4 Å². The zero-order valence-corrected chi connectivity index (χ0v) is 20.9. The molecule has 1 N–H and O–H groups in total. The van der Waals surface area contributed by atoms with Gasteiger partial charge in [0.2, 0.25) is 10.0 Å². The van der Waals surface area contributed by atoms with Crippen LogP contribution in [0.25, 0.3) is 0 Å². The molecule has 0 spiro atoms. The van der Waals surface area contributed by atoms with Crippen LogP contribution >= 0.6 is 0 Å². The van der Waals surface area contributed by atoms with Gasteiger partial charge in [-0.1, -0.05) is 39.0 Å². The fraction of sp³-hybridized carbons (Fsp3) is 0.704. The summed E-state index contributed by atoms with van der Waals surface area (Å²) in [5, 5.41) is -0.389. The first-order valence-corrected chi connectivity index (χ1v) is 14.3. The van der Waals surface area contributed by atoms with E-state index in [1.165, 1.54) is 30.9 Å². The SMILES string of the molecule is C[C@H](/C=C/C(=O)NS(=O)(=O)C1CC1)[C@H]1CC[C@H]2[C@@H]3C=CC4=CC(=O)CC[C@]4(C)[C@H]3CC[C@]12C. The lowest BCUT2D eigenvalue weighted by atomic mass is 9.48. The van der Waals surface area contributed by atoms with Gasteiger partial charge in [-0.2, -0.15) is 0 Å². The molecular weight excluding hydrogens is 434 g/mol. The van der Waals surface area contributed by atoms with Crippen molar-refractivity contribution in [3.63, 3.8) is 0 Å². The van der Waals surface area contributed by atoms with Crippen LogP contribution in [0.3, 0.4) is 0 Å². The zero-order chi connectivity index (χ0) is 23.6. The van der Waals surface area contributed by atoms with Gasteiger partial charge in [-0.15, -0.1) is 0 Å². The van der Waals surface area contributed by atoms with Gasteiger partial charge in [0.25, 0.3) is 5.91 Å². The summed E-state index contributed by atoms with van der Waals surface area (Å²) < 4.78 is 26.3. The number of carbonyl (C=O) groups is 2. The number of hydrogen-bond donors (Lipinski definition) is 1. The molecule has 3 saturated carbocycles. The van der Waals surface area contributed by atoms with Crippen LogP contribution in [0.2, 0.25) is 0 Å². The lowest BCUT2D eigenvalue weighted by molar-refractivity contribution is -0.116. The number of rotatable bonds is 5. The Balaban J connectivity index is 1.31. The second kappa shape index (κ2) is 7.93. The molecule has 0 heterocycles. The molecular formula is C27H37NO4S. The predicted molar refractivity (Wildman–Crippen MR) is 128 cm³/mol. The Bertz CT molecular complexity index is 1050. The topological polar surface area (TPSA) is 80.3 Å². The molecule has 5 nitrogen and oxygen atoms in total. The maximum atomic E-state index is 12.2. The largest absolute Gasteiger partial charge is 0.295 e. The van der Waals surface area contributed by atoms with Gasteiger partial charge in [0, 0.05) is 12.5 Å². The molecule has 33 heavy (non-hydrogen) atoms. The number of allylic oxidation sites excluding steroid dienone is 5. The highest BCUT2D eigenvalue weighted by molar-refractivity contribution is 7.91. The van der Waals surface area contributed by atoms with Crippen LogP contribution < -0.4 is 4.72 Å². The number of ketones is 1. The van der Waals surface area contributed by atoms with Crippen molar-refractivity contribution in [2.45, 2.75) is 77.4 Å². The maximum Gasteiger partial charge on any atom is 0.257 e. The van der Waals surface area contributed by atoms with E-state index in [2.05, 4.69) is 37.6 Å². The number of amides is 1. The van der Waals surface area contributed by atoms with Gasteiger partial charge in [-0.25, -0.2) is 13.1 Å². The molecule has 7 atom stereocenters. The summed E-state index contributed by atoms with van der Waals surface area (Å²) in [5.74, 6) is 2.22. The third kappa shape index (κ3) is 3.86. The molecule has 0 saturated heterocycles. The van der Waals surface area contributed by atoms with Crippen molar-refractivity contribution in [3.8, 4) is 0 Å². The van der Waals surface area contributed by atoms with Gasteiger partial charge in [0.05, 0.1) is 5.25 Å². The van der Waals surface area contributed by atoms with Gasteiger partial charge in [-0.3, -0.25) is 9.59 Å². The molecule has 0 radical (unpaired) electrons. The summed E-state index contributed by atoms with van der Waals surface area (Å²) in [6.07, 6.45) is 17.5. The van der Waals surface area contributed by atoms with Gasteiger partial charge in [0.1, 0.15) is 0 Å². The third-order valence-electron chi connectivity index (χ3n) is 9.98. The van der Waals surface area contributed by atoms with E-state index >= 15 is 0 Å². The Morgan fingerprint density at radius 3 is 2.61 bits per heavy atom. The van der Waals surface area contributed by atoms with Gasteiger partial charge in [-0.05, 0) is 97.0 Å². The van der Waals surface area contributed by atoms with Crippen molar-refractivity contribution in [1.82, 2.24) is 4.72 Å². The molecule has 3 fully saturated rings. The number of fused-ring (bicyclic) bond motifs is 5. The number of hydrogen-bond acceptors (Lipinski definition) is 4. The number of carbonyl (C=O) groups excluding carboxylic acids is 2. The highest BCUT2D eigenvalue weighted by Gasteiger charge is 2.58. The predicted octanol–water partition coefficient (Wildman–Crippen LogP) is 4.71. The van der Waals surface area contributed by atoms with Crippen molar-refractivity contribution in [3.05, 3.63) is 36.0 Å². The summed E-state index contributed by atoms with van der Waals surface area (Å²) >= 11 is 0. The van der Waals surface area contributed by atoms with Gasteiger partial charge < -0.3 is 0 Å². The molecule has 6 heteroatoms. The van der Waals surface area contributed by atoms with Crippen molar-refractivity contribution in [2.24, 2.45) is 40.4 Å². The van der Waals surface area contributed by atoms with Crippen molar-refractivity contribution < 1.29 is 18.0 Å². The Kier molecular flexibility index (Phi) is 5.54. The second-order valence-electron chi connectivity index (χ2n) is 11.8. The lowest BCUT2D eigenvalue weighted by Crippen LogP contribution is -2.49. The first-order chi connectivity index (χ1) is 15.5. The summed E-state index contributed by atoms with van der Waals surface area (Å²) in [4.78, 5) is 24.3. The first kappa shape index (κ1) is 23.1. The minimum Gasteiger partial charge on any atom is -0.295 e. The third-order valence-corrected chi connectivity index (χ3v) is 11.8. The monoisotopic (exact) mass is 471 g/mol. The Labute approximate surface area is 198 Å². The molecule has 5 rings (SSSR count). The number of nitrogens with one attached hydrogen (secondary N) is 1. The van der Waals surface area contributed by atoms with E-state index in [0.717, 1.165) is 12.8 Å². The fourth-order valence-corrected chi connectivity index (χ4v) is 9.18. The summed E-state index contributed by atoms with van der Waals surface area (Å²) in [5.41, 5.74) is 1.57. The van der Waals surface area contributed by atoms with E-state index in [0.29, 0.717) is 42.9 Å². The summed E-state index contributed by atoms with van der Waals surface area (Å²) in [6, 6.07) is 0. The molecule has 0 aromatic carbocycles. The molecule has 0 aromatic rings. The molecule has 5 aliphatic rings. The average Bonchev–Trinajstić information content (AvgIpc) is 3.55. The van der Waals surface area contributed by atoms with Crippen LogP contribution in [-0.2, 0) is 19.6 Å². The van der Waals surface area contributed by atoms with Gasteiger partial charge in [0.15, 0.2) is 5.78 Å². The van der Waals surface area contributed by atoms with E-state index < -0.39 is 15.9 Å². The molecule has 180 valence electrons. The van der Waals surface area contributed by atoms with Crippen molar-refractivity contribution >= 4 is 21.7 Å². The maximum absolute atomic E-state index is 12.2. The summed E-state index contributed by atoms with van der Waals surface area (Å²) in [7, 11) is -3.50. The van der Waals surface area contributed by atoms with E-state index in [9.17, 15) is 18.0 Å². The first-order valence-electron chi connectivity index (χ1n) is 12.7. The zero-order valence-electron chi connectivity index (χ0n) is 20.0. The standard InChI is InChI=1S/C27H37NO4S/c1-17(4-11-25(30)28-33(31,32)20-6-7-20)22-9-10-23-21-8-5-18-16-19(29)12-14-26(18,2)24(21)13-15-27(22,23)3/h4-5,8,11,16-17,20-24H,6-7,9-10,12-15H2,1-3H3,(H,28,30)/b11-4+/t17-,21+,22-,23+,24+,26+,27-/m1/s1. The molecule has 1 amide bonds. The molecule has 0 unspecified atom stereocenters. The lowest BCUT2D eigenvalue weighted by Gasteiger charge is -2.56. The smallest absolute Gasteiger partial charge is 0.257 e. The quantitative estimate of drug-likeness (QED) is 0.589. The van der Waals surface area contributed by atoms with Crippen LogP contribution in [0.4, 0.5) is 0 Å². The highest BCUT2D eigenvalue weighted by atomic mass is 32.2. The molecule has 0 bridgehead atoms. The fourth-order valence-electron chi connectivity index (χ4n) is 7.91. The summed E-state index contributed by atoms with van der Waals surface area (Å²) in [6.45, 7) is 7.00. The van der Waals surface area contributed by atoms with Crippen molar-refractivity contribution in [1.29, 1.82) is 0 Å². The van der Waals surface area contributed by atoms with Crippen molar-refractivity contribution in [2.75, 3.05) is 0 Å². The van der Waals surface area contributed by atoms with Crippen LogP contribution in [0.1, 0.15) is 72.1 Å². The highest BCUT2D eigenvalue weighted by Crippen LogP contribution is 2.66. The Morgan fingerprint density at radius 2 is 1.88 bits per heavy atom. The van der Waals surface area contributed by atoms with Crippen LogP contribution in [0.15, 0.2) is 36.0 Å².